The Labute approximate surface area is 438 Å². The van der Waals surface area contributed by atoms with E-state index in [1.165, 1.54) is 11.8 Å². The molecule has 4 atom stereocenters. The van der Waals surface area contributed by atoms with E-state index in [2.05, 4.69) is 33.4 Å². The van der Waals surface area contributed by atoms with Gasteiger partial charge in [0.1, 0.15) is 42.5 Å². The van der Waals surface area contributed by atoms with Gasteiger partial charge in [0, 0.05) is 24.6 Å². The van der Waals surface area contributed by atoms with E-state index in [0.717, 1.165) is 27.8 Å². The summed E-state index contributed by atoms with van der Waals surface area (Å²) >= 11 is 0. The van der Waals surface area contributed by atoms with Gasteiger partial charge in [-0.2, -0.15) is 0 Å². The van der Waals surface area contributed by atoms with Crippen LogP contribution < -0.4 is 21.3 Å². The fraction of sp³-hybridized carbons (Fsp3) is 0.373. The van der Waals surface area contributed by atoms with Gasteiger partial charge in [0.25, 0.3) is 0 Å². The quantitative estimate of drug-likeness (QED) is 0.0310. The second-order valence-corrected chi connectivity index (χ2v) is 20.0. The zero-order chi connectivity index (χ0) is 53.5. The van der Waals surface area contributed by atoms with E-state index in [-0.39, 0.29) is 51.5 Å². The van der Waals surface area contributed by atoms with Crippen LogP contribution in [0.4, 0.5) is 15.3 Å². The zero-order valence-corrected chi connectivity index (χ0v) is 43.2. The van der Waals surface area contributed by atoms with Gasteiger partial charge < -0.3 is 39.8 Å². The van der Waals surface area contributed by atoms with E-state index < -0.39 is 71.1 Å². The molecule has 5 aromatic carbocycles. The van der Waals surface area contributed by atoms with Gasteiger partial charge in [-0.15, -0.1) is 0 Å². The molecule has 0 spiro atoms. The van der Waals surface area contributed by atoms with Gasteiger partial charge in [-0.3, -0.25) is 19.7 Å². The predicted molar refractivity (Wildman–Crippen MR) is 282 cm³/mol. The molecule has 1 heterocycles. The summed E-state index contributed by atoms with van der Waals surface area (Å²) in [5.74, 6) is -3.06. The first-order valence-electron chi connectivity index (χ1n) is 25.6. The van der Waals surface area contributed by atoms with Crippen LogP contribution in [0.5, 0.6) is 0 Å². The van der Waals surface area contributed by atoms with Crippen LogP contribution >= 0.6 is 0 Å². The number of fused-ring (bicyclic) bond motifs is 3. The number of nitrogens with one attached hydrogen (secondary N) is 4. The lowest BCUT2D eigenvalue weighted by atomic mass is 9.94. The molecule has 394 valence electrons. The van der Waals surface area contributed by atoms with Crippen LogP contribution in [0.15, 0.2) is 133 Å². The summed E-state index contributed by atoms with van der Waals surface area (Å²) < 4.78 is 22.3. The van der Waals surface area contributed by atoms with Crippen molar-refractivity contribution in [2.45, 2.75) is 121 Å². The predicted octanol–water partition coefficient (Wildman–Crippen LogP) is 9.01. The molecule has 0 unspecified atom stereocenters. The monoisotopic (exact) mass is 1020 g/mol. The number of alkyl carbamates (subject to hydrolysis) is 1. The molecule has 5 aromatic rings. The van der Waals surface area contributed by atoms with Crippen LogP contribution in [0.25, 0.3) is 11.1 Å². The number of anilines is 1. The number of rotatable bonds is 21. The number of benzene rings is 5. The summed E-state index contributed by atoms with van der Waals surface area (Å²) in [6, 6.07) is 37.4. The number of likely N-dealkylation sites (tertiary alicyclic amines) is 1. The maximum atomic E-state index is 14.7. The summed E-state index contributed by atoms with van der Waals surface area (Å²) in [5.41, 5.74) is 4.18. The molecular formula is C59H67N5O11. The minimum Gasteiger partial charge on any atom is -0.462 e. The molecule has 1 saturated heterocycles. The summed E-state index contributed by atoms with van der Waals surface area (Å²) in [4.78, 5) is 97.3. The average molecular weight is 1020 g/mol. The molecule has 75 heavy (non-hydrogen) atoms. The van der Waals surface area contributed by atoms with Crippen LogP contribution in [-0.2, 0) is 51.2 Å². The van der Waals surface area contributed by atoms with Crippen LogP contribution in [0.2, 0.25) is 0 Å². The third kappa shape index (κ3) is 14.8. The first-order chi connectivity index (χ1) is 36.0. The highest BCUT2D eigenvalue weighted by Crippen LogP contribution is 2.44. The molecule has 5 amide bonds. The minimum atomic E-state index is -1.61. The average Bonchev–Trinajstić information content (AvgIpc) is 4.03. The molecule has 4 N–H and O–H groups in total. The third-order valence-electron chi connectivity index (χ3n) is 13.4. The maximum absolute atomic E-state index is 14.7. The second kappa shape index (κ2) is 25.3. The molecule has 2 aliphatic rings. The van der Waals surface area contributed by atoms with E-state index in [1.807, 2.05) is 66.7 Å². The van der Waals surface area contributed by atoms with E-state index in [1.54, 1.807) is 82.3 Å². The second-order valence-electron chi connectivity index (χ2n) is 20.0. The smallest absolute Gasteiger partial charge is 0.411 e. The lowest BCUT2D eigenvalue weighted by Crippen LogP contribution is -2.63. The van der Waals surface area contributed by atoms with Gasteiger partial charge in [0.05, 0.1) is 12.2 Å². The first kappa shape index (κ1) is 54.8. The maximum Gasteiger partial charge on any atom is 0.411 e. The number of ether oxygens (including phenoxy) is 4. The molecule has 7 rings (SSSR count). The van der Waals surface area contributed by atoms with Crippen LogP contribution in [0.1, 0.15) is 112 Å². The molecular weight excluding hydrogens is 955 g/mol. The van der Waals surface area contributed by atoms with Gasteiger partial charge in [-0.25, -0.2) is 19.2 Å². The fourth-order valence-corrected chi connectivity index (χ4v) is 9.19. The first-order valence-corrected chi connectivity index (χ1v) is 25.6. The Kier molecular flexibility index (Phi) is 18.5. The normalized spacial score (nSPS) is 15.4. The SMILES string of the molecule is CC[C@](C)(NC(=O)[C@H](CCCCOC(=O)c1ccccc1)NC(=O)OC(C)(C)C)C(=O)N[C@@H](Cc1ccc(NC(=O)OCC2c3ccccc3-c3ccccc32)cc1)C(=O)N1CCC[C@@H]1C(=O)OCc1ccccc1. The number of esters is 2. The third-order valence-corrected chi connectivity index (χ3v) is 13.4. The van der Waals surface area contributed by atoms with Crippen molar-refractivity contribution >= 4 is 47.5 Å². The summed E-state index contributed by atoms with van der Waals surface area (Å²) in [6.07, 6.45) is 0.297. The minimum absolute atomic E-state index is 0.0227. The number of hydrogen-bond donors (Lipinski definition) is 4. The van der Waals surface area contributed by atoms with Gasteiger partial charge in [-0.05, 0) is 124 Å². The molecule has 0 bridgehead atoms. The van der Waals surface area contributed by atoms with E-state index >= 15 is 0 Å². The Hall–Kier alpha value is -8.01. The molecule has 0 radical (unpaired) electrons. The molecule has 1 fully saturated rings. The van der Waals surface area contributed by atoms with Crippen LogP contribution in [0.3, 0.4) is 0 Å². The van der Waals surface area contributed by atoms with Crippen LogP contribution in [0, 0.1) is 0 Å². The zero-order valence-electron chi connectivity index (χ0n) is 43.2. The van der Waals surface area contributed by atoms with Crippen molar-refractivity contribution in [3.63, 3.8) is 0 Å². The number of amides is 5. The summed E-state index contributed by atoms with van der Waals surface area (Å²) in [7, 11) is 0. The van der Waals surface area contributed by atoms with Gasteiger partial charge >= 0.3 is 24.1 Å². The highest BCUT2D eigenvalue weighted by Gasteiger charge is 2.42. The molecule has 1 aliphatic carbocycles. The number of carbonyl (C=O) groups is 7. The highest BCUT2D eigenvalue weighted by molar-refractivity contribution is 5.97. The van der Waals surface area contributed by atoms with E-state index in [4.69, 9.17) is 18.9 Å². The Morgan fingerprint density at radius 2 is 1.29 bits per heavy atom. The lowest BCUT2D eigenvalue weighted by molar-refractivity contribution is -0.155. The van der Waals surface area contributed by atoms with E-state index in [0.29, 0.717) is 42.5 Å². The number of hydrogen-bond acceptors (Lipinski definition) is 11. The Morgan fingerprint density at radius 3 is 1.93 bits per heavy atom. The van der Waals surface area contributed by atoms with E-state index in [9.17, 15) is 33.6 Å². The van der Waals surface area contributed by atoms with Crippen molar-refractivity contribution < 1.29 is 52.5 Å². The Bertz CT molecular complexity index is 2750. The van der Waals surface area contributed by atoms with Crippen molar-refractivity contribution in [1.82, 2.24) is 20.9 Å². The van der Waals surface area contributed by atoms with Crippen molar-refractivity contribution in [2.24, 2.45) is 0 Å². The molecule has 16 nitrogen and oxygen atoms in total. The molecule has 16 heteroatoms. The number of unbranched alkanes of at least 4 members (excludes halogenated alkanes) is 1. The Morgan fingerprint density at radius 1 is 0.667 bits per heavy atom. The topological polar surface area (TPSA) is 208 Å². The van der Waals surface area contributed by atoms with Crippen molar-refractivity contribution in [1.29, 1.82) is 0 Å². The van der Waals surface area contributed by atoms with Gasteiger partial charge in [0.15, 0.2) is 0 Å². The number of carbonyl (C=O) groups excluding carboxylic acids is 7. The number of nitrogens with zero attached hydrogens (tertiary/aromatic N) is 1. The molecule has 0 saturated carbocycles. The van der Waals surface area contributed by atoms with Crippen molar-refractivity contribution in [2.75, 3.05) is 25.1 Å². The van der Waals surface area contributed by atoms with Gasteiger partial charge in [-0.1, -0.05) is 116 Å². The van der Waals surface area contributed by atoms with Crippen molar-refractivity contribution in [3.8, 4) is 11.1 Å². The Balaban J connectivity index is 1.04. The molecule has 0 aromatic heterocycles. The summed E-state index contributed by atoms with van der Waals surface area (Å²) in [6.45, 7) is 8.76. The summed E-state index contributed by atoms with van der Waals surface area (Å²) in [5, 5.41) is 11.2. The van der Waals surface area contributed by atoms with Gasteiger partial charge in [0.2, 0.25) is 17.7 Å². The lowest BCUT2D eigenvalue weighted by Gasteiger charge is -2.34. The standard InChI is InChI=1S/C59H67N5O11/c1-6-59(5,63-51(65)48(62-57(71)75-58(2,3)4)28-17-18-35-72-53(67)41-22-11-8-12-23-41)55(69)61-49(52(66)64-34-19-29-50(64)54(68)73-37-40-20-9-7-10-21-40)36-39-30-32-42(33-31-39)60-56(70)74-38-47-45-26-15-13-24-43(45)44-25-14-16-27-46(44)47/h7-16,20-27,30-33,47-50H,6,17-19,28-29,34-38H2,1-5H3,(H,60,70)(H,61,69)(H,62,71)(H,63,65)/t48-,49-,50+,59-/m0/s1. The largest absolute Gasteiger partial charge is 0.462 e. The molecule has 1 aliphatic heterocycles. The van der Waals surface area contributed by atoms with Crippen molar-refractivity contribution in [3.05, 3.63) is 161 Å². The van der Waals surface area contributed by atoms with Crippen LogP contribution in [-0.4, -0.2) is 95.8 Å². The fourth-order valence-electron chi connectivity index (χ4n) is 9.19. The highest BCUT2D eigenvalue weighted by atomic mass is 16.6.